The van der Waals surface area contributed by atoms with E-state index in [2.05, 4.69) is 26.9 Å². The molecular weight excluding hydrogens is 374 g/mol. The van der Waals surface area contributed by atoms with Crippen molar-refractivity contribution in [3.8, 4) is 17.2 Å². The first kappa shape index (κ1) is 21.4. The van der Waals surface area contributed by atoms with Crippen molar-refractivity contribution in [1.29, 1.82) is 5.26 Å². The molecule has 0 saturated carbocycles. The number of anilines is 1. The maximum Gasteiger partial charge on any atom is 0.155 e. The van der Waals surface area contributed by atoms with Crippen molar-refractivity contribution in [2.45, 2.75) is 19.3 Å². The van der Waals surface area contributed by atoms with Crippen LogP contribution in [0.15, 0.2) is 36.4 Å². The zero-order chi connectivity index (χ0) is 20.4. The Hall–Kier alpha value is -2.88. The third kappa shape index (κ3) is 5.32. The van der Waals surface area contributed by atoms with Crippen LogP contribution < -0.4 is 10.6 Å². The molecule has 0 spiro atoms. The molecule has 3 aromatic rings. The Bertz CT molecular complexity index is 932. The smallest absolute Gasteiger partial charge is 0.155 e. The minimum absolute atomic E-state index is 0.588. The van der Waals surface area contributed by atoms with E-state index < -0.39 is 0 Å². The van der Waals surface area contributed by atoms with Crippen LogP contribution in [0.1, 0.15) is 24.8 Å². The van der Waals surface area contributed by atoms with E-state index >= 15 is 0 Å². The van der Waals surface area contributed by atoms with Crippen LogP contribution in [-0.2, 0) is 4.79 Å². The van der Waals surface area contributed by atoms with Crippen molar-refractivity contribution in [3.63, 3.8) is 0 Å². The number of nitrogens with one attached hydrogen (secondary N) is 3. The molecule has 1 aliphatic heterocycles. The number of halogens is 1. The Kier molecular flexibility index (Phi) is 8.47. The molecule has 1 saturated heterocycles. The lowest BCUT2D eigenvalue weighted by Gasteiger charge is -2.08. The summed E-state index contributed by atoms with van der Waals surface area (Å²) in [5.41, 5.74) is 3.34. The van der Waals surface area contributed by atoms with Crippen LogP contribution in [0.2, 0.25) is 5.02 Å². The van der Waals surface area contributed by atoms with Crippen LogP contribution in [0.5, 0.6) is 0 Å². The Morgan fingerprint density at radius 2 is 1.89 bits per heavy atom. The second-order valence-electron chi connectivity index (χ2n) is 6.20. The highest BCUT2D eigenvalue weighted by Crippen LogP contribution is 2.32. The minimum atomic E-state index is 0.588. The zero-order valence-corrected chi connectivity index (χ0v) is 16.6. The number of aromatic amines is 1. The van der Waals surface area contributed by atoms with Crippen LogP contribution in [-0.4, -0.2) is 37.1 Å². The number of aromatic nitrogens is 2. The van der Waals surface area contributed by atoms with Crippen LogP contribution >= 0.6 is 11.6 Å². The lowest BCUT2D eigenvalue weighted by molar-refractivity contribution is -0.0979. The SMILES string of the molecule is C1CCNCC1.C=O.CNc1n[nH]c2ccc(-c3cc(C#N)ccc3Cl)cc12. The molecule has 146 valence electrons. The molecule has 0 aliphatic carbocycles. The van der Waals surface area contributed by atoms with Gasteiger partial charge in [0.1, 0.15) is 6.79 Å². The Morgan fingerprint density at radius 1 is 1.14 bits per heavy atom. The average molecular weight is 398 g/mol. The van der Waals surface area contributed by atoms with Crippen molar-refractivity contribution in [1.82, 2.24) is 15.5 Å². The summed E-state index contributed by atoms with van der Waals surface area (Å²) in [7, 11) is 1.82. The zero-order valence-electron chi connectivity index (χ0n) is 15.9. The second kappa shape index (κ2) is 11.1. The molecule has 0 radical (unpaired) electrons. The molecular formula is C21H24ClN5O. The fourth-order valence-electron chi connectivity index (χ4n) is 2.99. The van der Waals surface area contributed by atoms with Gasteiger partial charge in [-0.3, -0.25) is 5.10 Å². The number of benzene rings is 2. The summed E-state index contributed by atoms with van der Waals surface area (Å²) in [5, 5.41) is 24.1. The molecule has 3 N–H and O–H groups in total. The molecule has 0 bridgehead atoms. The van der Waals surface area contributed by atoms with E-state index in [-0.39, 0.29) is 0 Å². The van der Waals surface area contributed by atoms with Crippen molar-refractivity contribution in [2.24, 2.45) is 0 Å². The molecule has 28 heavy (non-hydrogen) atoms. The van der Waals surface area contributed by atoms with Crippen molar-refractivity contribution < 1.29 is 4.79 Å². The summed E-state index contributed by atoms with van der Waals surface area (Å²) >= 11 is 6.24. The standard InChI is InChI=1S/C15H11ClN4.C5H11N.CH2O/c1-18-15-12-7-10(3-5-14(12)19-20-15)11-6-9(8-17)2-4-13(11)16;1-2-4-6-5-3-1;1-2/h2-7H,1H3,(H2,18,19,20);6H,1-5H2;1H2. The highest BCUT2D eigenvalue weighted by atomic mass is 35.5. The highest BCUT2D eigenvalue weighted by Gasteiger charge is 2.09. The number of piperidine rings is 1. The van der Waals surface area contributed by atoms with Gasteiger partial charge in [-0.15, -0.1) is 0 Å². The van der Waals surface area contributed by atoms with Crippen LogP contribution in [0.3, 0.4) is 0 Å². The number of carbonyl (C=O) groups excluding carboxylic acids is 1. The van der Waals surface area contributed by atoms with Gasteiger partial charge in [0, 0.05) is 23.0 Å². The fourth-order valence-corrected chi connectivity index (χ4v) is 3.22. The van der Waals surface area contributed by atoms with Crippen molar-refractivity contribution in [3.05, 3.63) is 47.0 Å². The largest absolute Gasteiger partial charge is 0.371 e. The maximum atomic E-state index is 9.00. The predicted octanol–water partition coefficient (Wildman–Crippen LogP) is 4.37. The number of H-pyrrole nitrogens is 1. The molecule has 0 amide bonds. The summed E-state index contributed by atoms with van der Waals surface area (Å²) in [6, 6.07) is 13.3. The van der Waals surface area contributed by atoms with E-state index in [1.807, 2.05) is 32.0 Å². The quantitative estimate of drug-likeness (QED) is 0.596. The molecule has 1 aromatic heterocycles. The van der Waals surface area contributed by atoms with Gasteiger partial charge in [-0.05, 0) is 61.8 Å². The molecule has 1 aliphatic rings. The average Bonchev–Trinajstić information content (AvgIpc) is 3.19. The van der Waals surface area contributed by atoms with Gasteiger partial charge in [0.2, 0.25) is 0 Å². The molecule has 7 heteroatoms. The lowest BCUT2D eigenvalue weighted by atomic mass is 10.0. The first-order valence-corrected chi connectivity index (χ1v) is 9.46. The number of fused-ring (bicyclic) bond motifs is 1. The minimum Gasteiger partial charge on any atom is -0.371 e. The molecule has 4 rings (SSSR count). The topological polar surface area (TPSA) is 93.6 Å². The normalized spacial score (nSPS) is 12.8. The number of hydrogen-bond acceptors (Lipinski definition) is 5. The van der Waals surface area contributed by atoms with E-state index in [9.17, 15) is 0 Å². The summed E-state index contributed by atoms with van der Waals surface area (Å²) in [6.07, 6.45) is 4.22. The first-order valence-electron chi connectivity index (χ1n) is 9.08. The van der Waals surface area contributed by atoms with Crippen LogP contribution in [0.25, 0.3) is 22.0 Å². The van der Waals surface area contributed by atoms with Gasteiger partial charge in [0.05, 0.1) is 17.1 Å². The lowest BCUT2D eigenvalue weighted by Crippen LogP contribution is -2.21. The summed E-state index contributed by atoms with van der Waals surface area (Å²) < 4.78 is 0. The molecule has 2 aromatic carbocycles. The van der Waals surface area contributed by atoms with E-state index in [1.54, 1.807) is 18.2 Å². The summed E-state index contributed by atoms with van der Waals surface area (Å²) in [6.45, 7) is 4.50. The Balaban J connectivity index is 0.000000296. The van der Waals surface area contributed by atoms with Gasteiger partial charge in [0.15, 0.2) is 5.82 Å². The van der Waals surface area contributed by atoms with E-state index in [0.717, 1.165) is 27.8 Å². The third-order valence-electron chi connectivity index (χ3n) is 4.41. The number of nitrogens with zero attached hydrogens (tertiary/aromatic N) is 2. The van der Waals surface area contributed by atoms with Crippen molar-refractivity contribution in [2.75, 3.05) is 25.5 Å². The van der Waals surface area contributed by atoms with E-state index in [4.69, 9.17) is 21.7 Å². The number of carbonyl (C=O) groups is 1. The molecule has 0 unspecified atom stereocenters. The number of rotatable bonds is 2. The van der Waals surface area contributed by atoms with Gasteiger partial charge in [-0.2, -0.15) is 10.4 Å². The number of hydrogen-bond donors (Lipinski definition) is 3. The predicted molar refractivity (Wildman–Crippen MR) is 115 cm³/mol. The van der Waals surface area contributed by atoms with Crippen LogP contribution in [0, 0.1) is 11.3 Å². The highest BCUT2D eigenvalue weighted by molar-refractivity contribution is 6.33. The maximum absolute atomic E-state index is 9.00. The third-order valence-corrected chi connectivity index (χ3v) is 4.74. The first-order chi connectivity index (χ1) is 13.7. The molecule has 1 fully saturated rings. The van der Waals surface area contributed by atoms with E-state index in [1.165, 1.54) is 32.4 Å². The van der Waals surface area contributed by atoms with Gasteiger partial charge < -0.3 is 15.4 Å². The molecule has 0 atom stereocenters. The Labute approximate surface area is 169 Å². The summed E-state index contributed by atoms with van der Waals surface area (Å²) in [4.78, 5) is 8.00. The molecule has 2 heterocycles. The second-order valence-corrected chi connectivity index (χ2v) is 6.61. The fraction of sp³-hybridized carbons (Fsp3) is 0.286. The van der Waals surface area contributed by atoms with Crippen LogP contribution in [0.4, 0.5) is 5.82 Å². The van der Waals surface area contributed by atoms with Gasteiger partial charge in [0.25, 0.3) is 0 Å². The Morgan fingerprint density at radius 3 is 2.46 bits per heavy atom. The number of nitriles is 1. The van der Waals surface area contributed by atoms with Crippen molar-refractivity contribution >= 4 is 35.1 Å². The monoisotopic (exact) mass is 397 g/mol. The van der Waals surface area contributed by atoms with Gasteiger partial charge in [-0.1, -0.05) is 24.1 Å². The molecule has 6 nitrogen and oxygen atoms in total. The van der Waals surface area contributed by atoms with Gasteiger partial charge in [-0.25, -0.2) is 0 Å². The van der Waals surface area contributed by atoms with Gasteiger partial charge >= 0.3 is 0 Å². The van der Waals surface area contributed by atoms with E-state index in [0.29, 0.717) is 10.6 Å². The summed E-state index contributed by atoms with van der Waals surface area (Å²) in [5.74, 6) is 0.786.